The van der Waals surface area contributed by atoms with Crippen molar-refractivity contribution >= 4 is 11.8 Å². The molecule has 0 aliphatic carbocycles. The van der Waals surface area contributed by atoms with Gasteiger partial charge in [-0.3, -0.25) is 9.59 Å². The number of amides is 2. The van der Waals surface area contributed by atoms with Crippen molar-refractivity contribution < 1.29 is 23.5 Å². The third-order valence-electron chi connectivity index (χ3n) is 3.92. The molecule has 0 spiro atoms. The summed E-state index contributed by atoms with van der Waals surface area (Å²) in [6.45, 7) is 3.33. The molecule has 1 aromatic carbocycles. The van der Waals surface area contributed by atoms with Gasteiger partial charge in [0.15, 0.2) is 6.61 Å². The van der Waals surface area contributed by atoms with Crippen molar-refractivity contribution in [3.05, 3.63) is 30.1 Å². The van der Waals surface area contributed by atoms with E-state index in [2.05, 4.69) is 5.32 Å². The van der Waals surface area contributed by atoms with Crippen molar-refractivity contribution in [3.63, 3.8) is 0 Å². The van der Waals surface area contributed by atoms with E-state index in [9.17, 15) is 14.0 Å². The van der Waals surface area contributed by atoms with Crippen LogP contribution in [0, 0.1) is 5.82 Å². The molecule has 7 nitrogen and oxygen atoms in total. The number of carbonyl (C=O) groups is 2. The fourth-order valence-electron chi connectivity index (χ4n) is 2.45. The van der Waals surface area contributed by atoms with Gasteiger partial charge in [-0.05, 0) is 24.3 Å². The fourth-order valence-corrected chi connectivity index (χ4v) is 2.45. The number of carbonyl (C=O) groups excluding carboxylic acids is 2. The smallest absolute Gasteiger partial charge is 0.260 e. The normalized spacial score (nSPS) is 14.5. The van der Waals surface area contributed by atoms with E-state index in [-0.39, 0.29) is 30.8 Å². The van der Waals surface area contributed by atoms with Gasteiger partial charge in [0.2, 0.25) is 5.91 Å². The van der Waals surface area contributed by atoms with Gasteiger partial charge in [0.25, 0.3) is 5.91 Å². The summed E-state index contributed by atoms with van der Waals surface area (Å²) >= 11 is 0. The lowest BCUT2D eigenvalue weighted by Gasteiger charge is -2.34. The van der Waals surface area contributed by atoms with E-state index in [1.165, 1.54) is 24.3 Å². The van der Waals surface area contributed by atoms with E-state index >= 15 is 0 Å². The summed E-state index contributed by atoms with van der Waals surface area (Å²) in [7, 11) is 1.61. The second kappa shape index (κ2) is 9.95. The van der Waals surface area contributed by atoms with Crippen LogP contribution in [-0.2, 0) is 14.3 Å². The van der Waals surface area contributed by atoms with Crippen molar-refractivity contribution in [2.75, 3.05) is 59.6 Å². The van der Waals surface area contributed by atoms with Gasteiger partial charge >= 0.3 is 0 Å². The molecule has 1 saturated heterocycles. The highest BCUT2D eigenvalue weighted by atomic mass is 19.1. The highest BCUT2D eigenvalue weighted by Gasteiger charge is 2.24. The maximum Gasteiger partial charge on any atom is 0.260 e. The summed E-state index contributed by atoms with van der Waals surface area (Å²) in [5, 5.41) is 3.02. The van der Waals surface area contributed by atoms with Gasteiger partial charge in [-0.25, -0.2) is 4.39 Å². The Bertz CT molecular complexity index is 560. The predicted molar refractivity (Wildman–Crippen MR) is 89.8 cm³/mol. The number of piperazine rings is 1. The lowest BCUT2D eigenvalue weighted by Crippen LogP contribution is -2.53. The number of nitrogens with one attached hydrogen (secondary N) is 1. The molecule has 0 unspecified atom stereocenters. The number of nitrogens with zero attached hydrogens (tertiary/aromatic N) is 2. The van der Waals surface area contributed by atoms with Gasteiger partial charge < -0.3 is 24.6 Å². The Morgan fingerprint density at radius 2 is 1.68 bits per heavy atom. The van der Waals surface area contributed by atoms with Gasteiger partial charge in [0, 0.05) is 39.8 Å². The maximum absolute atomic E-state index is 12.8. The number of rotatable bonds is 8. The maximum atomic E-state index is 12.8. The molecule has 2 amide bonds. The Balaban J connectivity index is 1.67. The standard InChI is InChI=1S/C17H24FN3O4/c1-24-11-6-19-12-16(22)20-7-9-21(10-8-20)17(23)13-25-15-4-2-14(18)3-5-15/h2-5,19H,6-13H2,1H3. The zero-order valence-corrected chi connectivity index (χ0v) is 14.4. The summed E-state index contributed by atoms with van der Waals surface area (Å²) in [6.07, 6.45) is 0. The van der Waals surface area contributed by atoms with Crippen molar-refractivity contribution in [2.45, 2.75) is 0 Å². The van der Waals surface area contributed by atoms with Crippen LogP contribution in [0.4, 0.5) is 4.39 Å². The van der Waals surface area contributed by atoms with Gasteiger partial charge in [0.05, 0.1) is 13.2 Å². The van der Waals surface area contributed by atoms with Gasteiger partial charge in [-0.2, -0.15) is 0 Å². The number of halogens is 1. The van der Waals surface area contributed by atoms with Crippen LogP contribution >= 0.6 is 0 Å². The molecular weight excluding hydrogens is 329 g/mol. The number of benzene rings is 1. The zero-order valence-electron chi connectivity index (χ0n) is 14.4. The van der Waals surface area contributed by atoms with E-state index in [4.69, 9.17) is 9.47 Å². The third-order valence-corrected chi connectivity index (χ3v) is 3.92. The van der Waals surface area contributed by atoms with Crippen LogP contribution < -0.4 is 10.1 Å². The Labute approximate surface area is 146 Å². The van der Waals surface area contributed by atoms with Gasteiger partial charge in [-0.15, -0.1) is 0 Å². The van der Waals surface area contributed by atoms with E-state index in [0.29, 0.717) is 45.1 Å². The molecule has 1 aliphatic rings. The molecule has 0 atom stereocenters. The summed E-state index contributed by atoms with van der Waals surface area (Å²) in [5.41, 5.74) is 0. The topological polar surface area (TPSA) is 71.1 Å². The molecule has 1 aliphatic heterocycles. The quantitative estimate of drug-likeness (QED) is 0.672. The van der Waals surface area contributed by atoms with Gasteiger partial charge in [0.1, 0.15) is 11.6 Å². The Kier molecular flexibility index (Phi) is 7.62. The van der Waals surface area contributed by atoms with Gasteiger partial charge in [-0.1, -0.05) is 0 Å². The molecule has 8 heteroatoms. The summed E-state index contributed by atoms with van der Waals surface area (Å²) < 4.78 is 23.1. The van der Waals surface area contributed by atoms with E-state index in [1.54, 1.807) is 16.9 Å². The molecule has 25 heavy (non-hydrogen) atoms. The molecule has 0 radical (unpaired) electrons. The lowest BCUT2D eigenvalue weighted by molar-refractivity contribution is -0.140. The number of hydrogen-bond acceptors (Lipinski definition) is 5. The molecule has 1 heterocycles. The van der Waals surface area contributed by atoms with Crippen molar-refractivity contribution in [3.8, 4) is 5.75 Å². The third kappa shape index (κ3) is 6.32. The van der Waals surface area contributed by atoms with E-state index in [0.717, 1.165) is 0 Å². The molecule has 0 bridgehead atoms. The molecule has 0 aromatic heterocycles. The van der Waals surface area contributed by atoms with Crippen LogP contribution in [0.5, 0.6) is 5.75 Å². The Morgan fingerprint density at radius 1 is 1.08 bits per heavy atom. The van der Waals surface area contributed by atoms with Crippen LogP contribution in [0.25, 0.3) is 0 Å². The van der Waals surface area contributed by atoms with Crippen LogP contribution in [-0.4, -0.2) is 81.2 Å². The number of hydrogen-bond donors (Lipinski definition) is 1. The monoisotopic (exact) mass is 353 g/mol. The number of methoxy groups -OCH3 is 1. The summed E-state index contributed by atoms with van der Waals surface area (Å²) in [6, 6.07) is 5.53. The zero-order chi connectivity index (χ0) is 18.1. The van der Waals surface area contributed by atoms with Crippen molar-refractivity contribution in [1.29, 1.82) is 0 Å². The molecule has 0 saturated carbocycles. The van der Waals surface area contributed by atoms with Crippen LogP contribution in [0.15, 0.2) is 24.3 Å². The summed E-state index contributed by atoms with van der Waals surface area (Å²) in [4.78, 5) is 27.6. The van der Waals surface area contributed by atoms with Crippen LogP contribution in [0.1, 0.15) is 0 Å². The van der Waals surface area contributed by atoms with Crippen LogP contribution in [0.2, 0.25) is 0 Å². The van der Waals surface area contributed by atoms with E-state index < -0.39 is 0 Å². The molecule has 138 valence electrons. The molecule has 2 rings (SSSR count). The van der Waals surface area contributed by atoms with Crippen molar-refractivity contribution in [1.82, 2.24) is 15.1 Å². The molecule has 1 fully saturated rings. The largest absolute Gasteiger partial charge is 0.484 e. The minimum absolute atomic E-state index is 0.0192. The first-order valence-electron chi connectivity index (χ1n) is 8.23. The van der Waals surface area contributed by atoms with E-state index in [1.807, 2.05) is 0 Å². The van der Waals surface area contributed by atoms with Crippen molar-refractivity contribution in [2.24, 2.45) is 0 Å². The molecule has 1 aromatic rings. The first-order valence-corrected chi connectivity index (χ1v) is 8.23. The summed E-state index contributed by atoms with van der Waals surface area (Å²) in [5.74, 6) is -0.0257. The average molecular weight is 353 g/mol. The minimum Gasteiger partial charge on any atom is -0.484 e. The highest BCUT2D eigenvalue weighted by molar-refractivity contribution is 5.80. The number of ether oxygens (including phenoxy) is 2. The Hall–Kier alpha value is -2.19. The minimum atomic E-state index is -0.351. The molecule has 1 N–H and O–H groups in total. The Morgan fingerprint density at radius 3 is 2.28 bits per heavy atom. The first-order chi connectivity index (χ1) is 12.1. The highest BCUT2D eigenvalue weighted by Crippen LogP contribution is 2.11. The average Bonchev–Trinajstić information content (AvgIpc) is 2.64. The van der Waals surface area contributed by atoms with Crippen LogP contribution in [0.3, 0.4) is 0 Å². The second-order valence-electron chi connectivity index (χ2n) is 5.67. The second-order valence-corrected chi connectivity index (χ2v) is 5.67. The SMILES string of the molecule is COCCNCC(=O)N1CCN(C(=O)COc2ccc(F)cc2)CC1. The molecular formula is C17H24FN3O4. The lowest BCUT2D eigenvalue weighted by atomic mass is 10.3. The predicted octanol–water partition coefficient (Wildman–Crippen LogP) is 0.111. The fraction of sp³-hybridized carbons (Fsp3) is 0.529. The first kappa shape index (κ1) is 19.1.